The number of H-pyrrole nitrogens is 1. The Bertz CT molecular complexity index is 955. The molecule has 0 radical (unpaired) electrons. The molecule has 0 amide bonds. The van der Waals surface area contributed by atoms with Crippen LogP contribution in [0.4, 0.5) is 0 Å². The van der Waals surface area contributed by atoms with E-state index in [-0.39, 0.29) is 0 Å². The Morgan fingerprint density at radius 2 is 2.08 bits per heavy atom. The summed E-state index contributed by atoms with van der Waals surface area (Å²) in [5, 5.41) is 11.3. The maximum atomic E-state index is 5.33. The van der Waals surface area contributed by atoms with Crippen molar-refractivity contribution < 1.29 is 13.9 Å². The van der Waals surface area contributed by atoms with Gasteiger partial charge in [-0.25, -0.2) is 5.10 Å². The molecule has 0 fully saturated rings. The molecule has 1 aromatic carbocycles. The predicted molar refractivity (Wildman–Crippen MR) is 97.6 cm³/mol. The molecule has 0 bridgehead atoms. The summed E-state index contributed by atoms with van der Waals surface area (Å²) in [6, 6.07) is 9.14. The molecule has 3 rings (SSSR count). The van der Waals surface area contributed by atoms with Gasteiger partial charge in [-0.2, -0.15) is 14.9 Å². The van der Waals surface area contributed by atoms with Crippen LogP contribution in [0.15, 0.2) is 52.2 Å². The van der Waals surface area contributed by atoms with Gasteiger partial charge in [0, 0.05) is 11.8 Å². The first kappa shape index (κ1) is 16.7. The number of allylic oxidation sites excluding steroid dienone is 1. The van der Waals surface area contributed by atoms with Crippen molar-refractivity contribution >= 4 is 24.5 Å². The molecule has 0 spiro atoms. The van der Waals surface area contributed by atoms with Gasteiger partial charge in [0.2, 0.25) is 4.77 Å². The van der Waals surface area contributed by atoms with E-state index in [0.717, 1.165) is 11.3 Å². The predicted octanol–water partition coefficient (Wildman–Crippen LogP) is 3.77. The summed E-state index contributed by atoms with van der Waals surface area (Å²) in [4.78, 5) is 0. The first-order chi connectivity index (χ1) is 12.2. The highest BCUT2D eigenvalue weighted by Gasteiger charge is 2.11. The van der Waals surface area contributed by atoms with E-state index in [1.807, 2.05) is 24.3 Å². The molecule has 0 saturated carbocycles. The van der Waals surface area contributed by atoms with Gasteiger partial charge in [-0.1, -0.05) is 0 Å². The number of benzene rings is 1. The van der Waals surface area contributed by atoms with Gasteiger partial charge in [-0.15, -0.1) is 0 Å². The minimum absolute atomic E-state index is 0.382. The molecule has 0 atom stereocenters. The van der Waals surface area contributed by atoms with Crippen LogP contribution in [0.5, 0.6) is 11.5 Å². The van der Waals surface area contributed by atoms with Gasteiger partial charge < -0.3 is 13.9 Å². The average molecular weight is 356 g/mol. The Labute approximate surface area is 149 Å². The van der Waals surface area contributed by atoms with Gasteiger partial charge in [0.25, 0.3) is 0 Å². The molecule has 0 saturated heterocycles. The van der Waals surface area contributed by atoms with E-state index in [9.17, 15) is 0 Å². The first-order valence-electron chi connectivity index (χ1n) is 7.37. The lowest BCUT2D eigenvalue weighted by Crippen LogP contribution is -1.96. The minimum Gasteiger partial charge on any atom is -0.493 e. The highest BCUT2D eigenvalue weighted by atomic mass is 32.1. The van der Waals surface area contributed by atoms with E-state index in [4.69, 9.17) is 26.1 Å². The molecule has 0 aliphatic rings. The van der Waals surface area contributed by atoms with Crippen LogP contribution in [0.2, 0.25) is 0 Å². The Morgan fingerprint density at radius 3 is 2.80 bits per heavy atom. The quantitative estimate of drug-likeness (QED) is 0.537. The van der Waals surface area contributed by atoms with Crippen molar-refractivity contribution in [2.24, 2.45) is 5.10 Å². The van der Waals surface area contributed by atoms with Crippen LogP contribution in [0.25, 0.3) is 17.5 Å². The molecule has 128 valence electrons. The molecule has 8 heteroatoms. The number of nitrogens with zero attached hydrogens (tertiary/aromatic N) is 3. The fourth-order valence-electron chi connectivity index (χ4n) is 2.19. The van der Waals surface area contributed by atoms with Crippen molar-refractivity contribution in [3.05, 3.63) is 53.2 Å². The highest BCUT2D eigenvalue weighted by molar-refractivity contribution is 7.71. The van der Waals surface area contributed by atoms with Crippen LogP contribution in [0.1, 0.15) is 5.76 Å². The van der Waals surface area contributed by atoms with Crippen LogP contribution in [0, 0.1) is 4.77 Å². The lowest BCUT2D eigenvalue weighted by Gasteiger charge is -2.08. The maximum Gasteiger partial charge on any atom is 0.216 e. The van der Waals surface area contributed by atoms with E-state index in [1.165, 1.54) is 4.68 Å². The molecule has 1 N–H and O–H groups in total. The fraction of sp³-hybridized carbons (Fsp3) is 0.118. The van der Waals surface area contributed by atoms with Crippen molar-refractivity contribution in [2.45, 2.75) is 0 Å². The SMILES string of the molecule is COc1ccc(-c2n[nH]c(=S)n2/N=C/C=C/c2ccco2)cc1OC. The van der Waals surface area contributed by atoms with Crippen molar-refractivity contribution in [1.82, 2.24) is 14.9 Å². The smallest absolute Gasteiger partial charge is 0.216 e. The van der Waals surface area contributed by atoms with Crippen LogP contribution < -0.4 is 9.47 Å². The molecule has 2 heterocycles. The van der Waals surface area contributed by atoms with Gasteiger partial charge in [0.05, 0.1) is 20.5 Å². The van der Waals surface area contributed by atoms with Crippen LogP contribution in [-0.2, 0) is 0 Å². The van der Waals surface area contributed by atoms with Crippen molar-refractivity contribution in [2.75, 3.05) is 14.2 Å². The summed E-state index contributed by atoms with van der Waals surface area (Å²) in [7, 11) is 3.17. The van der Waals surface area contributed by atoms with Crippen molar-refractivity contribution in [3.63, 3.8) is 0 Å². The molecule has 0 unspecified atom stereocenters. The van der Waals surface area contributed by atoms with Gasteiger partial charge in [0.15, 0.2) is 17.3 Å². The average Bonchev–Trinajstić information content (AvgIpc) is 3.28. The van der Waals surface area contributed by atoms with Gasteiger partial charge in [-0.3, -0.25) is 0 Å². The van der Waals surface area contributed by atoms with E-state index in [0.29, 0.717) is 22.1 Å². The summed E-state index contributed by atoms with van der Waals surface area (Å²) < 4.78 is 17.7. The zero-order valence-electron chi connectivity index (χ0n) is 13.7. The summed E-state index contributed by atoms with van der Waals surface area (Å²) >= 11 is 5.24. The largest absolute Gasteiger partial charge is 0.493 e. The number of hydrogen-bond acceptors (Lipinski definition) is 6. The molecule has 0 aliphatic carbocycles. The monoisotopic (exact) mass is 356 g/mol. The Morgan fingerprint density at radius 1 is 1.24 bits per heavy atom. The van der Waals surface area contributed by atoms with Gasteiger partial charge >= 0.3 is 0 Å². The normalized spacial score (nSPS) is 11.4. The maximum absolute atomic E-state index is 5.33. The summed E-state index contributed by atoms with van der Waals surface area (Å²) in [5.74, 6) is 2.54. The minimum atomic E-state index is 0.382. The second-order valence-corrected chi connectivity index (χ2v) is 5.26. The van der Waals surface area contributed by atoms with E-state index < -0.39 is 0 Å². The second-order valence-electron chi connectivity index (χ2n) is 4.87. The topological polar surface area (TPSA) is 77.6 Å². The number of aromatic amines is 1. The Kier molecular flexibility index (Phi) is 5.10. The first-order valence-corrected chi connectivity index (χ1v) is 7.78. The molecular weight excluding hydrogens is 340 g/mol. The number of aromatic nitrogens is 3. The Hall–Kier alpha value is -3.13. The van der Waals surface area contributed by atoms with Crippen molar-refractivity contribution in [3.8, 4) is 22.9 Å². The van der Waals surface area contributed by atoms with Gasteiger partial charge in [0.1, 0.15) is 5.76 Å². The molecular formula is C17H16N4O3S. The summed E-state index contributed by atoms with van der Waals surface area (Å²) in [6.45, 7) is 0. The number of hydrogen-bond donors (Lipinski definition) is 1. The highest BCUT2D eigenvalue weighted by Crippen LogP contribution is 2.31. The number of furan rings is 1. The molecule has 2 aromatic heterocycles. The lowest BCUT2D eigenvalue weighted by molar-refractivity contribution is 0.355. The van der Waals surface area contributed by atoms with E-state index in [2.05, 4.69) is 15.3 Å². The van der Waals surface area contributed by atoms with Crippen molar-refractivity contribution in [1.29, 1.82) is 0 Å². The van der Waals surface area contributed by atoms with Crippen LogP contribution >= 0.6 is 12.2 Å². The Balaban J connectivity index is 1.90. The second kappa shape index (κ2) is 7.63. The van der Waals surface area contributed by atoms with Crippen LogP contribution in [0.3, 0.4) is 0 Å². The third-order valence-corrected chi connectivity index (χ3v) is 3.63. The summed E-state index contributed by atoms with van der Waals surface area (Å²) in [6.07, 6.45) is 6.77. The van der Waals surface area contributed by atoms with Crippen LogP contribution in [-0.4, -0.2) is 35.3 Å². The van der Waals surface area contributed by atoms with Gasteiger partial charge in [-0.05, 0) is 54.7 Å². The third kappa shape index (κ3) is 3.69. The number of methoxy groups -OCH3 is 2. The standard InChI is InChI=1S/C17H16N4O3S/c1-22-14-8-7-12(11-15(14)23-2)16-19-20-17(25)21(16)18-9-3-5-13-6-4-10-24-13/h3-11H,1-2H3,(H,20,25)/b5-3+,18-9+. The molecule has 3 aromatic rings. The number of nitrogens with one attached hydrogen (secondary N) is 1. The molecule has 7 nitrogen and oxygen atoms in total. The number of rotatable bonds is 6. The number of ether oxygens (including phenoxy) is 2. The fourth-order valence-corrected chi connectivity index (χ4v) is 2.37. The third-order valence-electron chi connectivity index (χ3n) is 3.36. The zero-order valence-corrected chi connectivity index (χ0v) is 14.5. The molecule has 0 aliphatic heterocycles. The summed E-state index contributed by atoms with van der Waals surface area (Å²) in [5.41, 5.74) is 0.789. The van der Waals surface area contributed by atoms with E-state index >= 15 is 0 Å². The zero-order chi connectivity index (χ0) is 17.6. The molecule has 25 heavy (non-hydrogen) atoms. The van der Waals surface area contributed by atoms with E-state index in [1.54, 1.807) is 44.9 Å². The lowest BCUT2D eigenvalue weighted by atomic mass is 10.2.